The van der Waals surface area contributed by atoms with E-state index in [1.54, 1.807) is 13.0 Å². The lowest BCUT2D eigenvalue weighted by atomic mass is 10.1. The lowest BCUT2D eigenvalue weighted by Crippen LogP contribution is -2.18. The molecule has 3 heteroatoms. The van der Waals surface area contributed by atoms with E-state index in [9.17, 15) is 4.79 Å². The zero-order valence-corrected chi connectivity index (χ0v) is 9.98. The van der Waals surface area contributed by atoms with Crippen LogP contribution in [0.3, 0.4) is 0 Å². The van der Waals surface area contributed by atoms with Gasteiger partial charge in [-0.15, -0.1) is 0 Å². The Kier molecular flexibility index (Phi) is 3.59. The molecule has 1 aromatic rings. The highest BCUT2D eigenvalue weighted by atomic mass is 16.5. The molecule has 0 heterocycles. The Bertz CT molecular complexity index is 452. The Morgan fingerprint density at radius 2 is 2.24 bits per heavy atom. The number of nitrogens with two attached hydrogens (primary N) is 1. The molecule has 1 aromatic carbocycles. The Hall–Kier alpha value is -1.61. The average molecular weight is 231 g/mol. The molecule has 2 N–H and O–H groups in total. The second-order valence-corrected chi connectivity index (χ2v) is 4.28. The summed E-state index contributed by atoms with van der Waals surface area (Å²) in [5, 5.41) is 0. The summed E-state index contributed by atoms with van der Waals surface area (Å²) in [6.45, 7) is 2.20. The maximum absolute atomic E-state index is 11.2. The molecule has 2 rings (SSSR count). The number of rotatable bonds is 3. The third-order valence-electron chi connectivity index (χ3n) is 2.89. The maximum atomic E-state index is 11.2. The van der Waals surface area contributed by atoms with E-state index in [4.69, 9.17) is 10.5 Å². The third-order valence-corrected chi connectivity index (χ3v) is 2.89. The minimum absolute atomic E-state index is 0.245. The number of hydrogen-bond acceptors (Lipinski definition) is 3. The molecule has 0 spiro atoms. The predicted molar refractivity (Wildman–Crippen MR) is 67.5 cm³/mol. The summed E-state index contributed by atoms with van der Waals surface area (Å²) in [4.78, 5) is 11.2. The molecule has 1 unspecified atom stereocenters. The van der Waals surface area contributed by atoms with E-state index in [0.29, 0.717) is 6.61 Å². The first-order valence-electron chi connectivity index (χ1n) is 5.91. The van der Waals surface area contributed by atoms with E-state index in [-0.39, 0.29) is 12.0 Å². The van der Waals surface area contributed by atoms with Gasteiger partial charge in [-0.25, -0.2) is 4.79 Å². The van der Waals surface area contributed by atoms with E-state index in [2.05, 4.69) is 12.1 Å². The molecule has 1 aliphatic carbocycles. The lowest BCUT2D eigenvalue weighted by molar-refractivity contribution is -0.137. The number of esters is 1. The number of fused-ring (bicyclic) bond motifs is 1. The molecule has 0 bridgehead atoms. The second kappa shape index (κ2) is 5.15. The zero-order valence-electron chi connectivity index (χ0n) is 9.98. The highest BCUT2D eigenvalue weighted by Gasteiger charge is 2.17. The Labute approximate surface area is 101 Å². The molecule has 0 aromatic heterocycles. The van der Waals surface area contributed by atoms with Gasteiger partial charge >= 0.3 is 5.97 Å². The minimum Gasteiger partial charge on any atom is -0.463 e. The molecule has 0 amide bonds. The monoisotopic (exact) mass is 231 g/mol. The number of hydrogen-bond donors (Lipinski definition) is 1. The van der Waals surface area contributed by atoms with E-state index in [0.717, 1.165) is 18.4 Å². The summed E-state index contributed by atoms with van der Waals surface area (Å²) in [7, 11) is 0. The van der Waals surface area contributed by atoms with Gasteiger partial charge in [-0.3, -0.25) is 0 Å². The van der Waals surface area contributed by atoms with Gasteiger partial charge in [0.05, 0.1) is 6.61 Å². The van der Waals surface area contributed by atoms with Crippen molar-refractivity contribution in [1.29, 1.82) is 0 Å². The van der Waals surface area contributed by atoms with Gasteiger partial charge in [0.15, 0.2) is 0 Å². The zero-order chi connectivity index (χ0) is 12.3. The van der Waals surface area contributed by atoms with Crippen molar-refractivity contribution in [2.24, 2.45) is 5.73 Å². The SMILES string of the molecule is CCOC(=O)/C=C/c1ccc2c(c1)CC(N)C2. The van der Waals surface area contributed by atoms with Crippen LogP contribution in [0, 0.1) is 0 Å². The molecule has 1 aliphatic rings. The van der Waals surface area contributed by atoms with E-state index in [1.165, 1.54) is 17.2 Å². The number of benzene rings is 1. The van der Waals surface area contributed by atoms with Crippen molar-refractivity contribution in [2.45, 2.75) is 25.8 Å². The molecular formula is C14H17NO2. The Morgan fingerprint density at radius 1 is 1.47 bits per heavy atom. The van der Waals surface area contributed by atoms with Crippen LogP contribution in [0.4, 0.5) is 0 Å². The van der Waals surface area contributed by atoms with Crippen molar-refractivity contribution < 1.29 is 9.53 Å². The van der Waals surface area contributed by atoms with Crippen molar-refractivity contribution in [2.75, 3.05) is 6.61 Å². The number of carbonyl (C=O) groups excluding carboxylic acids is 1. The van der Waals surface area contributed by atoms with Crippen molar-refractivity contribution in [3.8, 4) is 0 Å². The van der Waals surface area contributed by atoms with Gasteiger partial charge in [0.2, 0.25) is 0 Å². The summed E-state index contributed by atoms with van der Waals surface area (Å²) >= 11 is 0. The Balaban J connectivity index is 2.09. The lowest BCUT2D eigenvalue weighted by Gasteiger charge is -2.00. The van der Waals surface area contributed by atoms with E-state index >= 15 is 0 Å². The molecule has 0 saturated carbocycles. The Morgan fingerprint density at radius 3 is 3.00 bits per heavy atom. The van der Waals surface area contributed by atoms with Crippen molar-refractivity contribution in [3.05, 3.63) is 41.0 Å². The predicted octanol–water partition coefficient (Wildman–Crippen LogP) is 1.69. The summed E-state index contributed by atoms with van der Waals surface area (Å²) in [6, 6.07) is 6.44. The smallest absolute Gasteiger partial charge is 0.330 e. The summed E-state index contributed by atoms with van der Waals surface area (Å²) in [6.07, 6.45) is 5.12. The molecule has 0 radical (unpaired) electrons. The molecule has 3 nitrogen and oxygen atoms in total. The van der Waals surface area contributed by atoms with Gasteiger partial charge in [-0.05, 0) is 42.5 Å². The fourth-order valence-corrected chi connectivity index (χ4v) is 2.13. The van der Waals surface area contributed by atoms with Gasteiger partial charge in [-0.2, -0.15) is 0 Å². The van der Waals surface area contributed by atoms with Crippen molar-refractivity contribution in [1.82, 2.24) is 0 Å². The summed E-state index contributed by atoms with van der Waals surface area (Å²) < 4.78 is 4.83. The molecule has 0 saturated heterocycles. The number of carbonyl (C=O) groups is 1. The first kappa shape index (κ1) is 11.9. The molecule has 0 aliphatic heterocycles. The van der Waals surface area contributed by atoms with E-state index in [1.807, 2.05) is 6.07 Å². The largest absolute Gasteiger partial charge is 0.463 e. The van der Waals surface area contributed by atoms with Crippen LogP contribution < -0.4 is 5.73 Å². The van der Waals surface area contributed by atoms with Gasteiger partial charge in [0, 0.05) is 12.1 Å². The highest BCUT2D eigenvalue weighted by Crippen LogP contribution is 2.22. The van der Waals surface area contributed by atoms with Crippen LogP contribution in [0.1, 0.15) is 23.6 Å². The van der Waals surface area contributed by atoms with Crippen LogP contribution in [0.25, 0.3) is 6.08 Å². The van der Waals surface area contributed by atoms with Crippen molar-refractivity contribution in [3.63, 3.8) is 0 Å². The fraction of sp³-hybridized carbons (Fsp3) is 0.357. The quantitative estimate of drug-likeness (QED) is 0.636. The van der Waals surface area contributed by atoms with Gasteiger partial charge in [0.1, 0.15) is 0 Å². The topological polar surface area (TPSA) is 52.3 Å². The molecule has 90 valence electrons. The number of ether oxygens (including phenoxy) is 1. The fourth-order valence-electron chi connectivity index (χ4n) is 2.13. The van der Waals surface area contributed by atoms with E-state index < -0.39 is 0 Å². The molecule has 17 heavy (non-hydrogen) atoms. The second-order valence-electron chi connectivity index (χ2n) is 4.28. The average Bonchev–Trinajstić information content (AvgIpc) is 2.66. The van der Waals surface area contributed by atoms with Gasteiger partial charge in [-0.1, -0.05) is 18.2 Å². The van der Waals surface area contributed by atoms with Gasteiger partial charge in [0.25, 0.3) is 0 Å². The van der Waals surface area contributed by atoms with Crippen LogP contribution in [-0.4, -0.2) is 18.6 Å². The maximum Gasteiger partial charge on any atom is 0.330 e. The molecular weight excluding hydrogens is 214 g/mol. The summed E-state index contributed by atoms with van der Waals surface area (Å²) in [5.74, 6) is -0.301. The van der Waals surface area contributed by atoms with Crippen LogP contribution in [0.2, 0.25) is 0 Å². The summed E-state index contributed by atoms with van der Waals surface area (Å²) in [5.41, 5.74) is 9.54. The van der Waals surface area contributed by atoms with Crippen molar-refractivity contribution >= 4 is 12.0 Å². The van der Waals surface area contributed by atoms with Crippen LogP contribution in [-0.2, 0) is 22.4 Å². The van der Waals surface area contributed by atoms with Crippen LogP contribution in [0.15, 0.2) is 24.3 Å². The third kappa shape index (κ3) is 2.94. The first-order chi connectivity index (χ1) is 8.19. The first-order valence-corrected chi connectivity index (χ1v) is 5.91. The molecule has 1 atom stereocenters. The van der Waals surface area contributed by atoms with Crippen LogP contribution >= 0.6 is 0 Å². The standard InChI is InChI=1S/C14H17NO2/c1-2-17-14(16)6-4-10-3-5-11-8-13(15)9-12(11)7-10/h3-7,13H,2,8-9,15H2,1H3/b6-4+. The van der Waals surface area contributed by atoms with Crippen LogP contribution in [0.5, 0.6) is 0 Å². The molecule has 0 fully saturated rings. The normalized spacial score (nSPS) is 18.4. The van der Waals surface area contributed by atoms with Gasteiger partial charge < -0.3 is 10.5 Å². The highest BCUT2D eigenvalue weighted by molar-refractivity contribution is 5.87. The minimum atomic E-state index is -0.301.